The maximum atomic E-state index is 13.5. The standard InChI is InChI=1S/C23H34FN5O2.HI/c1-5-25-23(26-14-16(2)22-17(3)28-31-18(22)4)27-15-21(29-10-12-30-13-11-29)19-6-8-20(24)9-7-19;/h6-9,16,21H,5,10-15H2,1-4H3,(H2,25,26,27);1H. The molecule has 2 N–H and O–H groups in total. The van der Waals surface area contributed by atoms with Gasteiger partial charge in [-0.05, 0) is 38.5 Å². The Morgan fingerprint density at radius 1 is 1.19 bits per heavy atom. The van der Waals surface area contributed by atoms with Crippen LogP contribution in [0.4, 0.5) is 4.39 Å². The van der Waals surface area contributed by atoms with Gasteiger partial charge >= 0.3 is 0 Å². The zero-order chi connectivity index (χ0) is 22.2. The second-order valence-corrected chi connectivity index (χ2v) is 7.96. The van der Waals surface area contributed by atoms with E-state index in [1.807, 2.05) is 32.9 Å². The fraction of sp³-hybridized carbons (Fsp3) is 0.565. The maximum Gasteiger partial charge on any atom is 0.191 e. The molecular formula is C23H35FIN5O2. The molecule has 0 bridgehead atoms. The van der Waals surface area contributed by atoms with Crippen molar-refractivity contribution in [3.8, 4) is 0 Å². The number of nitrogens with zero attached hydrogens (tertiary/aromatic N) is 3. The van der Waals surface area contributed by atoms with Gasteiger partial charge in [0.15, 0.2) is 5.96 Å². The molecule has 0 spiro atoms. The van der Waals surface area contributed by atoms with E-state index in [2.05, 4.69) is 27.6 Å². The van der Waals surface area contributed by atoms with Gasteiger partial charge in [0, 0.05) is 44.2 Å². The highest BCUT2D eigenvalue weighted by molar-refractivity contribution is 14.0. The van der Waals surface area contributed by atoms with Gasteiger partial charge in [-0.2, -0.15) is 0 Å². The van der Waals surface area contributed by atoms with Crippen LogP contribution < -0.4 is 10.6 Å². The first-order valence-electron chi connectivity index (χ1n) is 11.0. The molecule has 1 aromatic heterocycles. The SMILES string of the molecule is CCNC(=NCC(C)c1c(C)noc1C)NCC(c1ccc(F)cc1)N1CCOCC1.I. The van der Waals surface area contributed by atoms with Crippen molar-refractivity contribution >= 4 is 29.9 Å². The van der Waals surface area contributed by atoms with Gasteiger partial charge < -0.3 is 19.9 Å². The lowest BCUT2D eigenvalue weighted by molar-refractivity contribution is 0.0170. The Kier molecular flexibility index (Phi) is 10.9. The van der Waals surface area contributed by atoms with Crippen molar-refractivity contribution in [1.82, 2.24) is 20.7 Å². The van der Waals surface area contributed by atoms with Gasteiger partial charge in [0.1, 0.15) is 11.6 Å². The molecule has 1 fully saturated rings. The van der Waals surface area contributed by atoms with Crippen LogP contribution >= 0.6 is 24.0 Å². The molecule has 32 heavy (non-hydrogen) atoms. The van der Waals surface area contributed by atoms with Crippen LogP contribution in [0.15, 0.2) is 33.8 Å². The first-order chi connectivity index (χ1) is 15.0. The molecule has 0 aliphatic carbocycles. The predicted molar refractivity (Wildman–Crippen MR) is 135 cm³/mol. The zero-order valence-corrected chi connectivity index (χ0v) is 21.7. The average Bonchev–Trinajstić information content (AvgIpc) is 3.12. The van der Waals surface area contributed by atoms with Gasteiger partial charge in [-0.1, -0.05) is 24.2 Å². The largest absolute Gasteiger partial charge is 0.379 e. The number of hydrogen-bond acceptors (Lipinski definition) is 5. The molecule has 2 heterocycles. The van der Waals surface area contributed by atoms with Crippen LogP contribution in [0.1, 0.15) is 48.4 Å². The normalized spacial score (nSPS) is 16.8. The van der Waals surface area contributed by atoms with Crippen molar-refractivity contribution in [3.05, 3.63) is 52.7 Å². The Morgan fingerprint density at radius 2 is 1.88 bits per heavy atom. The summed E-state index contributed by atoms with van der Waals surface area (Å²) in [6.07, 6.45) is 0. The van der Waals surface area contributed by atoms with Crippen molar-refractivity contribution in [2.24, 2.45) is 4.99 Å². The topological polar surface area (TPSA) is 74.9 Å². The number of aryl methyl sites for hydroxylation is 2. The lowest BCUT2D eigenvalue weighted by Gasteiger charge is -2.35. The third-order valence-electron chi connectivity index (χ3n) is 5.65. The van der Waals surface area contributed by atoms with Crippen molar-refractivity contribution < 1.29 is 13.7 Å². The number of nitrogens with one attached hydrogen (secondary N) is 2. The third-order valence-corrected chi connectivity index (χ3v) is 5.65. The molecule has 2 unspecified atom stereocenters. The Labute approximate surface area is 207 Å². The Morgan fingerprint density at radius 3 is 2.47 bits per heavy atom. The third kappa shape index (κ3) is 7.14. The molecule has 1 aliphatic heterocycles. The second kappa shape index (κ2) is 13.1. The molecule has 2 atom stereocenters. The van der Waals surface area contributed by atoms with Crippen LogP contribution in [0.25, 0.3) is 0 Å². The number of aliphatic imine (C=N–C) groups is 1. The van der Waals surface area contributed by atoms with E-state index in [1.54, 1.807) is 0 Å². The monoisotopic (exact) mass is 559 g/mol. The highest BCUT2D eigenvalue weighted by atomic mass is 127. The first kappa shape index (κ1) is 26.5. The highest BCUT2D eigenvalue weighted by Crippen LogP contribution is 2.24. The van der Waals surface area contributed by atoms with Gasteiger partial charge in [-0.3, -0.25) is 9.89 Å². The van der Waals surface area contributed by atoms with Gasteiger partial charge in [-0.25, -0.2) is 4.39 Å². The fourth-order valence-corrected chi connectivity index (χ4v) is 4.08. The summed E-state index contributed by atoms with van der Waals surface area (Å²) >= 11 is 0. The predicted octanol–water partition coefficient (Wildman–Crippen LogP) is 3.78. The number of guanidine groups is 1. The van der Waals surface area contributed by atoms with E-state index in [4.69, 9.17) is 14.3 Å². The van der Waals surface area contributed by atoms with E-state index in [1.165, 1.54) is 12.1 Å². The summed E-state index contributed by atoms with van der Waals surface area (Å²) in [6.45, 7) is 13.3. The molecule has 1 saturated heterocycles. The number of benzene rings is 1. The van der Waals surface area contributed by atoms with Gasteiger partial charge in [0.05, 0.1) is 24.9 Å². The van der Waals surface area contributed by atoms with Gasteiger partial charge in [0.25, 0.3) is 0 Å². The number of hydrogen-bond donors (Lipinski definition) is 2. The van der Waals surface area contributed by atoms with E-state index in [0.29, 0.717) is 26.3 Å². The molecule has 1 aliphatic rings. The van der Waals surface area contributed by atoms with E-state index >= 15 is 0 Å². The second-order valence-electron chi connectivity index (χ2n) is 7.96. The zero-order valence-electron chi connectivity index (χ0n) is 19.4. The Hall–Kier alpha value is -1.72. The molecule has 3 rings (SSSR count). The van der Waals surface area contributed by atoms with Crippen LogP contribution in [0.3, 0.4) is 0 Å². The van der Waals surface area contributed by atoms with Crippen molar-refractivity contribution in [3.63, 3.8) is 0 Å². The summed E-state index contributed by atoms with van der Waals surface area (Å²) in [7, 11) is 0. The number of rotatable bonds is 8. The van der Waals surface area contributed by atoms with E-state index < -0.39 is 0 Å². The van der Waals surface area contributed by atoms with Crippen LogP contribution in [-0.2, 0) is 4.74 Å². The van der Waals surface area contributed by atoms with Crippen molar-refractivity contribution in [1.29, 1.82) is 0 Å². The number of halogens is 2. The minimum absolute atomic E-state index is 0. The molecule has 178 valence electrons. The molecule has 0 saturated carbocycles. The maximum absolute atomic E-state index is 13.5. The molecule has 9 heteroatoms. The molecule has 0 amide bonds. The molecule has 0 radical (unpaired) electrons. The van der Waals surface area contributed by atoms with Crippen molar-refractivity contribution in [2.45, 2.75) is 39.7 Å². The van der Waals surface area contributed by atoms with Crippen LogP contribution in [-0.4, -0.2) is 62.0 Å². The van der Waals surface area contributed by atoms with Crippen LogP contribution in [0, 0.1) is 19.7 Å². The van der Waals surface area contributed by atoms with E-state index in [9.17, 15) is 4.39 Å². The summed E-state index contributed by atoms with van der Waals surface area (Å²) in [5.74, 6) is 1.60. The summed E-state index contributed by atoms with van der Waals surface area (Å²) in [4.78, 5) is 7.17. The number of ether oxygens (including phenoxy) is 1. The Balaban J connectivity index is 0.00000363. The molecule has 7 nitrogen and oxygen atoms in total. The van der Waals surface area contributed by atoms with Gasteiger partial charge in [0.2, 0.25) is 0 Å². The van der Waals surface area contributed by atoms with Crippen LogP contribution in [0.5, 0.6) is 0 Å². The average molecular weight is 559 g/mol. The number of morpholine rings is 1. The smallest absolute Gasteiger partial charge is 0.191 e. The number of aromatic nitrogens is 1. The lowest BCUT2D eigenvalue weighted by atomic mass is 10.00. The first-order valence-corrected chi connectivity index (χ1v) is 11.0. The Bertz CT molecular complexity index is 833. The van der Waals surface area contributed by atoms with Crippen molar-refractivity contribution in [2.75, 3.05) is 45.9 Å². The van der Waals surface area contributed by atoms with E-state index in [-0.39, 0.29) is 41.8 Å². The minimum Gasteiger partial charge on any atom is -0.379 e. The lowest BCUT2D eigenvalue weighted by Crippen LogP contribution is -2.46. The van der Waals surface area contributed by atoms with Gasteiger partial charge in [-0.15, -0.1) is 24.0 Å². The summed E-state index contributed by atoms with van der Waals surface area (Å²) in [5.41, 5.74) is 3.12. The van der Waals surface area contributed by atoms with E-state index in [0.717, 1.165) is 48.2 Å². The van der Waals surface area contributed by atoms with Crippen LogP contribution in [0.2, 0.25) is 0 Å². The highest BCUT2D eigenvalue weighted by Gasteiger charge is 2.23. The minimum atomic E-state index is -0.222. The molecule has 2 aromatic rings. The fourth-order valence-electron chi connectivity index (χ4n) is 4.08. The summed E-state index contributed by atoms with van der Waals surface area (Å²) < 4.78 is 24.3. The summed E-state index contributed by atoms with van der Waals surface area (Å²) in [5, 5.41) is 10.9. The molecule has 1 aromatic carbocycles. The molecular weight excluding hydrogens is 524 g/mol. The summed E-state index contributed by atoms with van der Waals surface area (Å²) in [6, 6.07) is 6.87. The quantitative estimate of drug-likeness (QED) is 0.292.